The minimum absolute atomic E-state index is 0.405. The molecule has 18 heavy (non-hydrogen) atoms. The molecule has 0 saturated carbocycles. The van der Waals surface area contributed by atoms with Crippen molar-refractivity contribution in [2.24, 2.45) is 5.92 Å². The zero-order valence-electron chi connectivity index (χ0n) is 11.3. The van der Waals surface area contributed by atoms with Gasteiger partial charge in [0, 0.05) is 34.4 Å². The Morgan fingerprint density at radius 2 is 1.78 bits per heavy atom. The summed E-state index contributed by atoms with van der Waals surface area (Å²) >= 11 is 0. The fourth-order valence-electron chi connectivity index (χ4n) is 2.55. The summed E-state index contributed by atoms with van der Waals surface area (Å²) < 4.78 is 11.4. The molecule has 3 heteroatoms. The molecule has 2 nitrogen and oxygen atoms in total. The smallest absolute Gasteiger partial charge is 0.0345 e. The Hall–Kier alpha value is -0.670. The normalized spacial score (nSPS) is 26.2. The molecule has 1 atom stereocenters. The van der Waals surface area contributed by atoms with Crippen LogP contribution >= 0.6 is 0 Å². The minimum atomic E-state index is -0.571. The Balaban J connectivity index is 2.01. The lowest BCUT2D eigenvalue weighted by atomic mass is 9.94. The van der Waals surface area contributed by atoms with E-state index in [1.54, 1.807) is 0 Å². The molecule has 2 rings (SSSR count). The van der Waals surface area contributed by atoms with Crippen molar-refractivity contribution in [3.05, 3.63) is 35.9 Å². The third-order valence-electron chi connectivity index (χ3n) is 3.63. The molecule has 100 valence electrons. The van der Waals surface area contributed by atoms with Crippen LogP contribution in [-0.4, -0.2) is 21.8 Å². The Bertz CT molecular complexity index is 381. The van der Waals surface area contributed by atoms with Crippen molar-refractivity contribution < 1.29 is 4.21 Å². The van der Waals surface area contributed by atoms with E-state index in [1.807, 2.05) is 0 Å². The molecule has 0 aromatic heterocycles. The highest BCUT2D eigenvalue weighted by Crippen LogP contribution is 2.24. The SMILES string of the molecule is CC(C)C(NC1CCS(=O)CC1)c1ccccc1. The second kappa shape index (κ2) is 6.48. The first-order valence-electron chi connectivity index (χ1n) is 6.83. The second-order valence-electron chi connectivity index (χ2n) is 5.42. The Morgan fingerprint density at radius 3 is 2.33 bits per heavy atom. The fourth-order valence-corrected chi connectivity index (χ4v) is 3.85. The van der Waals surface area contributed by atoms with E-state index in [9.17, 15) is 4.21 Å². The van der Waals surface area contributed by atoms with Gasteiger partial charge in [0.1, 0.15) is 0 Å². The Morgan fingerprint density at radius 1 is 1.17 bits per heavy atom. The van der Waals surface area contributed by atoms with Crippen molar-refractivity contribution >= 4 is 10.8 Å². The molecule has 0 bridgehead atoms. The molecule has 1 heterocycles. The van der Waals surface area contributed by atoms with E-state index in [-0.39, 0.29) is 0 Å². The van der Waals surface area contributed by atoms with Crippen molar-refractivity contribution in [3.63, 3.8) is 0 Å². The Kier molecular flexibility index (Phi) is 4.95. The molecule has 1 fully saturated rings. The van der Waals surface area contributed by atoms with Crippen LogP contribution in [0.15, 0.2) is 30.3 Å². The molecule has 0 aliphatic carbocycles. The van der Waals surface area contributed by atoms with Crippen LogP contribution in [0.4, 0.5) is 0 Å². The van der Waals surface area contributed by atoms with Gasteiger partial charge >= 0.3 is 0 Å². The van der Waals surface area contributed by atoms with E-state index in [4.69, 9.17) is 0 Å². The van der Waals surface area contributed by atoms with E-state index >= 15 is 0 Å². The van der Waals surface area contributed by atoms with Crippen molar-refractivity contribution in [3.8, 4) is 0 Å². The lowest BCUT2D eigenvalue weighted by Gasteiger charge is -2.30. The van der Waals surface area contributed by atoms with Crippen molar-refractivity contribution in [2.45, 2.75) is 38.8 Å². The molecular formula is C15H23NOS. The maximum absolute atomic E-state index is 11.4. The van der Waals surface area contributed by atoms with Crippen LogP contribution in [0.5, 0.6) is 0 Å². The molecule has 1 saturated heterocycles. The van der Waals surface area contributed by atoms with Gasteiger partial charge in [-0.1, -0.05) is 44.2 Å². The van der Waals surface area contributed by atoms with Crippen molar-refractivity contribution in [1.29, 1.82) is 0 Å². The van der Waals surface area contributed by atoms with Gasteiger partial charge in [-0.3, -0.25) is 4.21 Å². The molecule has 1 unspecified atom stereocenters. The average Bonchev–Trinajstić information content (AvgIpc) is 2.38. The van der Waals surface area contributed by atoms with Gasteiger partial charge < -0.3 is 5.32 Å². The average molecular weight is 265 g/mol. The van der Waals surface area contributed by atoms with E-state index in [2.05, 4.69) is 49.5 Å². The molecule has 0 radical (unpaired) electrons. The number of hydrogen-bond donors (Lipinski definition) is 1. The number of hydrogen-bond acceptors (Lipinski definition) is 2. The minimum Gasteiger partial charge on any atom is -0.307 e. The van der Waals surface area contributed by atoms with E-state index in [0.717, 1.165) is 24.3 Å². The first-order chi connectivity index (χ1) is 8.66. The highest BCUT2D eigenvalue weighted by molar-refractivity contribution is 7.85. The molecule has 0 spiro atoms. The van der Waals surface area contributed by atoms with Gasteiger partial charge in [0.2, 0.25) is 0 Å². The van der Waals surface area contributed by atoms with E-state index in [0.29, 0.717) is 18.0 Å². The summed E-state index contributed by atoms with van der Waals surface area (Å²) in [5.41, 5.74) is 1.36. The molecule has 1 aliphatic rings. The van der Waals surface area contributed by atoms with Crippen LogP contribution in [0.3, 0.4) is 0 Å². The zero-order chi connectivity index (χ0) is 13.0. The predicted octanol–water partition coefficient (Wildman–Crippen LogP) is 2.88. The molecule has 1 aliphatic heterocycles. The quantitative estimate of drug-likeness (QED) is 0.907. The van der Waals surface area contributed by atoms with Crippen LogP contribution in [-0.2, 0) is 10.8 Å². The van der Waals surface area contributed by atoms with Gasteiger partial charge in [-0.2, -0.15) is 0 Å². The summed E-state index contributed by atoms with van der Waals surface area (Å²) in [6, 6.07) is 11.6. The third kappa shape index (κ3) is 3.66. The van der Waals surface area contributed by atoms with E-state index in [1.165, 1.54) is 5.56 Å². The van der Waals surface area contributed by atoms with Crippen LogP contribution in [0.25, 0.3) is 0 Å². The molecular weight excluding hydrogens is 242 g/mol. The van der Waals surface area contributed by atoms with E-state index < -0.39 is 10.8 Å². The summed E-state index contributed by atoms with van der Waals surface area (Å²) in [6.07, 6.45) is 2.09. The fraction of sp³-hybridized carbons (Fsp3) is 0.600. The van der Waals surface area contributed by atoms with Crippen molar-refractivity contribution in [1.82, 2.24) is 5.32 Å². The Labute approximate surface area is 113 Å². The third-order valence-corrected chi connectivity index (χ3v) is 5.01. The first-order valence-corrected chi connectivity index (χ1v) is 8.31. The van der Waals surface area contributed by atoms with Crippen LogP contribution < -0.4 is 5.32 Å². The lowest BCUT2D eigenvalue weighted by molar-refractivity contribution is 0.344. The molecule has 1 aromatic rings. The highest BCUT2D eigenvalue weighted by Gasteiger charge is 2.23. The molecule has 1 aromatic carbocycles. The standard InChI is InChI=1S/C15H23NOS/c1-12(2)15(13-6-4-3-5-7-13)16-14-8-10-18(17)11-9-14/h3-7,12,14-16H,8-11H2,1-2H3. The van der Waals surface area contributed by atoms with Gasteiger partial charge in [-0.15, -0.1) is 0 Å². The van der Waals surface area contributed by atoms with Crippen LogP contribution in [0, 0.1) is 5.92 Å². The summed E-state index contributed by atoms with van der Waals surface area (Å²) in [6.45, 7) is 4.51. The molecule has 1 N–H and O–H groups in total. The lowest BCUT2D eigenvalue weighted by Crippen LogP contribution is -2.39. The zero-order valence-corrected chi connectivity index (χ0v) is 12.1. The van der Waals surface area contributed by atoms with Crippen molar-refractivity contribution in [2.75, 3.05) is 11.5 Å². The number of nitrogens with one attached hydrogen (secondary N) is 1. The summed E-state index contributed by atoms with van der Waals surface area (Å²) in [4.78, 5) is 0. The van der Waals surface area contributed by atoms with Gasteiger partial charge in [0.05, 0.1) is 0 Å². The summed E-state index contributed by atoms with van der Waals surface area (Å²) in [5.74, 6) is 2.29. The first kappa shape index (κ1) is 13.8. The second-order valence-corrected chi connectivity index (χ2v) is 7.12. The largest absolute Gasteiger partial charge is 0.307 e. The van der Waals surface area contributed by atoms with Crippen LogP contribution in [0.2, 0.25) is 0 Å². The molecule has 0 amide bonds. The monoisotopic (exact) mass is 265 g/mol. The van der Waals surface area contributed by atoms with Gasteiger partial charge in [-0.05, 0) is 24.3 Å². The highest BCUT2D eigenvalue weighted by atomic mass is 32.2. The summed E-state index contributed by atoms with van der Waals surface area (Å²) in [7, 11) is -0.571. The topological polar surface area (TPSA) is 29.1 Å². The van der Waals surface area contributed by atoms with Gasteiger partial charge in [0.15, 0.2) is 0 Å². The summed E-state index contributed by atoms with van der Waals surface area (Å²) in [5, 5.41) is 3.76. The van der Waals surface area contributed by atoms with Gasteiger partial charge in [-0.25, -0.2) is 0 Å². The maximum atomic E-state index is 11.4. The number of benzene rings is 1. The predicted molar refractivity (Wildman–Crippen MR) is 78.1 cm³/mol. The maximum Gasteiger partial charge on any atom is 0.0345 e. The number of rotatable bonds is 4. The van der Waals surface area contributed by atoms with Crippen LogP contribution in [0.1, 0.15) is 38.3 Å². The van der Waals surface area contributed by atoms with Gasteiger partial charge in [0.25, 0.3) is 0 Å².